The number of nitrogens with zero attached hydrogens (tertiary/aromatic N) is 1. The fraction of sp³-hybridized carbons (Fsp3) is 1.00. The Bertz CT molecular complexity index is 126. The Morgan fingerprint density at radius 1 is 1.50 bits per heavy atom. The highest BCUT2D eigenvalue weighted by atomic mass is 16.3. The molecule has 74 valence electrons. The first-order chi connectivity index (χ1) is 5.44. The van der Waals surface area contributed by atoms with E-state index in [0.29, 0.717) is 12.5 Å². The lowest BCUT2D eigenvalue weighted by Gasteiger charge is -2.35. The second kappa shape index (κ2) is 4.80. The SMILES string of the molecule is CC(CN)CN(C)C(C)(C)CO. The Hall–Kier alpha value is -0.120. The number of hydrogen-bond acceptors (Lipinski definition) is 3. The van der Waals surface area contributed by atoms with Crippen LogP contribution in [-0.2, 0) is 0 Å². The molecule has 0 aromatic heterocycles. The molecule has 0 bridgehead atoms. The molecule has 0 aliphatic rings. The van der Waals surface area contributed by atoms with Gasteiger partial charge in [0.2, 0.25) is 0 Å². The van der Waals surface area contributed by atoms with Gasteiger partial charge < -0.3 is 10.8 Å². The van der Waals surface area contributed by atoms with Gasteiger partial charge in [0.25, 0.3) is 0 Å². The molecule has 0 rings (SSSR count). The predicted molar refractivity (Wildman–Crippen MR) is 52.0 cm³/mol. The zero-order chi connectivity index (χ0) is 9.78. The molecular formula is C9H22N2O. The van der Waals surface area contributed by atoms with E-state index in [1.165, 1.54) is 0 Å². The van der Waals surface area contributed by atoms with Crippen LogP contribution in [0, 0.1) is 5.92 Å². The van der Waals surface area contributed by atoms with Gasteiger partial charge in [-0.05, 0) is 33.4 Å². The number of aliphatic hydroxyl groups is 1. The summed E-state index contributed by atoms with van der Waals surface area (Å²) in [6.07, 6.45) is 0. The first-order valence-electron chi connectivity index (χ1n) is 4.46. The van der Waals surface area contributed by atoms with Gasteiger partial charge in [0.15, 0.2) is 0 Å². The van der Waals surface area contributed by atoms with Crippen molar-refractivity contribution in [1.82, 2.24) is 4.90 Å². The Balaban J connectivity index is 3.93. The van der Waals surface area contributed by atoms with Gasteiger partial charge in [-0.3, -0.25) is 4.90 Å². The van der Waals surface area contributed by atoms with Gasteiger partial charge in [-0.15, -0.1) is 0 Å². The van der Waals surface area contributed by atoms with Gasteiger partial charge in [-0.2, -0.15) is 0 Å². The van der Waals surface area contributed by atoms with Crippen molar-refractivity contribution in [3.63, 3.8) is 0 Å². The monoisotopic (exact) mass is 174 g/mol. The first kappa shape index (κ1) is 11.9. The highest BCUT2D eigenvalue weighted by Gasteiger charge is 2.22. The van der Waals surface area contributed by atoms with E-state index in [-0.39, 0.29) is 12.1 Å². The van der Waals surface area contributed by atoms with E-state index in [4.69, 9.17) is 10.8 Å². The van der Waals surface area contributed by atoms with Crippen molar-refractivity contribution in [2.45, 2.75) is 26.3 Å². The van der Waals surface area contributed by atoms with Gasteiger partial charge in [-0.25, -0.2) is 0 Å². The van der Waals surface area contributed by atoms with Crippen LogP contribution in [0.15, 0.2) is 0 Å². The molecule has 3 N–H and O–H groups in total. The molecule has 1 unspecified atom stereocenters. The summed E-state index contributed by atoms with van der Waals surface area (Å²) in [6, 6.07) is 0. The molecule has 3 heteroatoms. The van der Waals surface area contributed by atoms with Crippen LogP contribution in [0.5, 0.6) is 0 Å². The maximum absolute atomic E-state index is 9.08. The van der Waals surface area contributed by atoms with E-state index >= 15 is 0 Å². The van der Waals surface area contributed by atoms with Crippen LogP contribution in [-0.4, -0.2) is 42.3 Å². The van der Waals surface area contributed by atoms with E-state index in [1.807, 2.05) is 20.9 Å². The van der Waals surface area contributed by atoms with E-state index in [9.17, 15) is 0 Å². The average molecular weight is 174 g/mol. The van der Waals surface area contributed by atoms with Gasteiger partial charge in [-0.1, -0.05) is 6.92 Å². The molecule has 0 aromatic carbocycles. The second-order valence-electron chi connectivity index (χ2n) is 4.19. The fourth-order valence-electron chi connectivity index (χ4n) is 0.910. The predicted octanol–water partition coefficient (Wildman–Crippen LogP) is 0.284. The molecule has 0 aliphatic heterocycles. The van der Waals surface area contributed by atoms with E-state index < -0.39 is 0 Å². The summed E-state index contributed by atoms with van der Waals surface area (Å²) in [5, 5.41) is 9.08. The molecule has 0 aliphatic carbocycles. The summed E-state index contributed by atoms with van der Waals surface area (Å²) < 4.78 is 0. The Morgan fingerprint density at radius 2 is 2.00 bits per heavy atom. The summed E-state index contributed by atoms with van der Waals surface area (Å²) in [4.78, 5) is 2.14. The smallest absolute Gasteiger partial charge is 0.0609 e. The zero-order valence-electron chi connectivity index (χ0n) is 8.67. The molecule has 0 amide bonds. The number of hydrogen-bond donors (Lipinski definition) is 2. The number of aliphatic hydroxyl groups excluding tert-OH is 1. The highest BCUT2D eigenvalue weighted by molar-refractivity contribution is 4.79. The van der Waals surface area contributed by atoms with Gasteiger partial charge in [0.05, 0.1) is 6.61 Å². The van der Waals surface area contributed by atoms with Crippen molar-refractivity contribution in [3.05, 3.63) is 0 Å². The van der Waals surface area contributed by atoms with Crippen molar-refractivity contribution in [2.24, 2.45) is 11.7 Å². The summed E-state index contributed by atoms with van der Waals surface area (Å²) in [5.41, 5.74) is 5.38. The molecule has 12 heavy (non-hydrogen) atoms. The number of likely N-dealkylation sites (N-methyl/N-ethyl adjacent to an activating group) is 1. The molecule has 0 saturated carbocycles. The Morgan fingerprint density at radius 3 is 2.33 bits per heavy atom. The molecule has 0 spiro atoms. The lowest BCUT2D eigenvalue weighted by atomic mass is 10.0. The minimum atomic E-state index is -0.135. The van der Waals surface area contributed by atoms with Gasteiger partial charge in [0.1, 0.15) is 0 Å². The molecule has 0 aromatic rings. The minimum absolute atomic E-state index is 0.135. The van der Waals surface area contributed by atoms with Crippen LogP contribution in [0.3, 0.4) is 0 Å². The molecule has 0 heterocycles. The normalized spacial score (nSPS) is 15.2. The fourth-order valence-corrected chi connectivity index (χ4v) is 0.910. The topological polar surface area (TPSA) is 49.5 Å². The van der Waals surface area contributed by atoms with Crippen LogP contribution in [0.25, 0.3) is 0 Å². The third-order valence-electron chi connectivity index (χ3n) is 2.41. The van der Waals surface area contributed by atoms with Crippen LogP contribution in [0.2, 0.25) is 0 Å². The number of nitrogens with two attached hydrogens (primary N) is 1. The van der Waals surface area contributed by atoms with Crippen molar-refractivity contribution >= 4 is 0 Å². The average Bonchev–Trinajstić information content (AvgIpc) is 2.04. The molecule has 3 nitrogen and oxygen atoms in total. The molecule has 0 radical (unpaired) electrons. The quantitative estimate of drug-likeness (QED) is 0.629. The Kier molecular flexibility index (Phi) is 4.75. The standard InChI is InChI=1S/C9H22N2O/c1-8(5-10)6-11(4)9(2,3)7-12/h8,12H,5-7,10H2,1-4H3. The minimum Gasteiger partial charge on any atom is -0.394 e. The summed E-state index contributed by atoms with van der Waals surface area (Å²) in [5.74, 6) is 0.487. The molecular weight excluding hydrogens is 152 g/mol. The largest absolute Gasteiger partial charge is 0.394 e. The highest BCUT2D eigenvalue weighted by Crippen LogP contribution is 2.12. The van der Waals surface area contributed by atoms with Crippen LogP contribution in [0.4, 0.5) is 0 Å². The summed E-state index contributed by atoms with van der Waals surface area (Å²) in [7, 11) is 2.02. The molecule has 0 saturated heterocycles. The van der Waals surface area contributed by atoms with Crippen LogP contribution in [0.1, 0.15) is 20.8 Å². The van der Waals surface area contributed by atoms with Crippen LogP contribution >= 0.6 is 0 Å². The van der Waals surface area contributed by atoms with E-state index in [1.54, 1.807) is 0 Å². The number of rotatable bonds is 5. The summed E-state index contributed by atoms with van der Waals surface area (Å²) in [6.45, 7) is 7.98. The Labute approximate surface area is 75.6 Å². The van der Waals surface area contributed by atoms with Crippen LogP contribution < -0.4 is 5.73 Å². The van der Waals surface area contributed by atoms with E-state index in [2.05, 4.69) is 11.8 Å². The molecule has 0 fully saturated rings. The molecule has 1 atom stereocenters. The van der Waals surface area contributed by atoms with E-state index in [0.717, 1.165) is 6.54 Å². The maximum atomic E-state index is 9.08. The van der Waals surface area contributed by atoms with Crippen molar-refractivity contribution in [2.75, 3.05) is 26.7 Å². The first-order valence-corrected chi connectivity index (χ1v) is 4.46. The van der Waals surface area contributed by atoms with Gasteiger partial charge in [0, 0.05) is 12.1 Å². The third kappa shape index (κ3) is 3.52. The maximum Gasteiger partial charge on any atom is 0.0609 e. The van der Waals surface area contributed by atoms with Crippen molar-refractivity contribution in [1.29, 1.82) is 0 Å². The second-order valence-corrected chi connectivity index (χ2v) is 4.19. The lowest BCUT2D eigenvalue weighted by molar-refractivity contribution is 0.0692. The third-order valence-corrected chi connectivity index (χ3v) is 2.41. The lowest BCUT2D eigenvalue weighted by Crippen LogP contribution is -2.46. The van der Waals surface area contributed by atoms with Crippen molar-refractivity contribution < 1.29 is 5.11 Å². The van der Waals surface area contributed by atoms with Gasteiger partial charge >= 0.3 is 0 Å². The van der Waals surface area contributed by atoms with Crippen molar-refractivity contribution in [3.8, 4) is 0 Å². The zero-order valence-corrected chi connectivity index (χ0v) is 8.67. The summed E-state index contributed by atoms with van der Waals surface area (Å²) >= 11 is 0.